The van der Waals surface area contributed by atoms with Crippen LogP contribution >= 0.6 is 11.3 Å². The number of amides is 1. The van der Waals surface area contributed by atoms with Crippen molar-refractivity contribution in [1.29, 1.82) is 0 Å². The van der Waals surface area contributed by atoms with Crippen LogP contribution < -0.4 is 14.8 Å². The molecule has 0 saturated carbocycles. The molecule has 0 unspecified atom stereocenters. The van der Waals surface area contributed by atoms with Crippen LogP contribution in [0, 0.1) is 6.92 Å². The van der Waals surface area contributed by atoms with E-state index in [0.717, 1.165) is 15.3 Å². The van der Waals surface area contributed by atoms with Gasteiger partial charge < -0.3 is 14.8 Å². The van der Waals surface area contributed by atoms with Crippen LogP contribution in [0.15, 0.2) is 54.7 Å². The summed E-state index contributed by atoms with van der Waals surface area (Å²) in [6.07, 6.45) is -2.99. The summed E-state index contributed by atoms with van der Waals surface area (Å²) in [5.41, 5.74) is 2.48. The maximum atomic E-state index is 12.8. The first kappa shape index (κ1) is 21.7. The molecular weight excluding hydrogens is 443 g/mol. The fraction of sp³-hybridized carbons (Fsp3) is 0.182. The topological polar surface area (TPSA) is 64.9 Å². The van der Waals surface area contributed by atoms with Crippen molar-refractivity contribution in [3.8, 4) is 21.9 Å². The molecule has 1 aromatic carbocycles. The van der Waals surface area contributed by atoms with E-state index in [1.807, 2.05) is 12.1 Å². The summed E-state index contributed by atoms with van der Waals surface area (Å²) in [6.45, 7) is 2.07. The van der Waals surface area contributed by atoms with Gasteiger partial charge >= 0.3 is 6.36 Å². The van der Waals surface area contributed by atoms with E-state index in [1.165, 1.54) is 23.5 Å². The zero-order valence-electron chi connectivity index (χ0n) is 17.1. The van der Waals surface area contributed by atoms with E-state index in [4.69, 9.17) is 4.74 Å². The van der Waals surface area contributed by atoms with Gasteiger partial charge in [-0.25, -0.2) is 4.52 Å². The van der Waals surface area contributed by atoms with E-state index >= 15 is 0 Å². The van der Waals surface area contributed by atoms with E-state index in [-0.39, 0.29) is 11.7 Å². The van der Waals surface area contributed by atoms with Gasteiger partial charge in [0.15, 0.2) is 0 Å². The van der Waals surface area contributed by atoms with Crippen molar-refractivity contribution in [2.45, 2.75) is 19.8 Å². The molecule has 166 valence electrons. The summed E-state index contributed by atoms with van der Waals surface area (Å²) in [5.74, 6) is 0.0982. The number of pyridine rings is 1. The Bertz CT molecular complexity index is 1260. The number of aryl methyl sites for hydroxylation is 1. The molecule has 0 spiro atoms. The molecule has 32 heavy (non-hydrogen) atoms. The van der Waals surface area contributed by atoms with E-state index in [1.54, 1.807) is 49.0 Å². The number of nitrogens with zero attached hydrogens (tertiary/aromatic N) is 2. The van der Waals surface area contributed by atoms with Gasteiger partial charge in [0, 0.05) is 22.0 Å². The number of rotatable bonds is 6. The molecule has 0 saturated heterocycles. The number of hydrogen-bond donors (Lipinski definition) is 1. The number of carbonyl (C=O) groups excluding carboxylic acids is 1. The Kier molecular flexibility index (Phi) is 5.79. The molecule has 0 bridgehead atoms. The Morgan fingerprint density at radius 1 is 1.12 bits per heavy atom. The number of thiophene rings is 1. The monoisotopic (exact) mass is 461 g/mol. The van der Waals surface area contributed by atoms with Gasteiger partial charge in [-0.05, 0) is 55.0 Å². The Morgan fingerprint density at radius 2 is 1.88 bits per heavy atom. The molecule has 0 radical (unpaired) electrons. The highest BCUT2D eigenvalue weighted by Crippen LogP contribution is 2.31. The van der Waals surface area contributed by atoms with Crippen LogP contribution in [-0.2, 0) is 6.54 Å². The first-order chi connectivity index (χ1) is 15.2. The van der Waals surface area contributed by atoms with Gasteiger partial charge in [0.1, 0.15) is 11.5 Å². The molecule has 4 rings (SSSR count). The lowest BCUT2D eigenvalue weighted by atomic mass is 10.2. The number of halogens is 3. The Hall–Kier alpha value is -3.53. The summed E-state index contributed by atoms with van der Waals surface area (Å²) >= 11 is 1.44. The summed E-state index contributed by atoms with van der Waals surface area (Å²) in [6, 6.07) is 12.9. The summed E-state index contributed by atoms with van der Waals surface area (Å²) in [4.78, 5) is 14.6. The number of ether oxygens (including phenoxy) is 2. The third kappa shape index (κ3) is 4.70. The van der Waals surface area contributed by atoms with Crippen LogP contribution in [0.5, 0.6) is 11.5 Å². The van der Waals surface area contributed by atoms with Gasteiger partial charge in [0.25, 0.3) is 5.91 Å². The standard InChI is InChI=1S/C22H18F3N3O3S/c1-13-20(18-11-16(30-2)9-10-28(18)27-13)21(29)26-12-17-7-8-19(32-17)14-3-5-15(6-4-14)31-22(23,24)25/h3-11H,12H2,1-2H3,(H,26,29). The molecular formula is C22H18F3N3O3S. The van der Waals surface area contributed by atoms with Gasteiger partial charge in [0.05, 0.1) is 30.4 Å². The van der Waals surface area contributed by atoms with Crippen molar-refractivity contribution in [3.63, 3.8) is 0 Å². The highest BCUT2D eigenvalue weighted by molar-refractivity contribution is 7.15. The number of fused-ring (bicyclic) bond motifs is 1. The second kappa shape index (κ2) is 8.54. The molecule has 3 heterocycles. The number of hydrogen-bond acceptors (Lipinski definition) is 5. The van der Waals surface area contributed by atoms with Crippen LogP contribution in [0.25, 0.3) is 16.0 Å². The van der Waals surface area contributed by atoms with Gasteiger partial charge in [-0.2, -0.15) is 5.10 Å². The first-order valence-corrected chi connectivity index (χ1v) is 10.3. The smallest absolute Gasteiger partial charge is 0.497 e. The van der Waals surface area contributed by atoms with Crippen molar-refractivity contribution in [2.75, 3.05) is 7.11 Å². The number of aromatic nitrogens is 2. The van der Waals surface area contributed by atoms with Crippen molar-refractivity contribution >= 4 is 22.8 Å². The van der Waals surface area contributed by atoms with Crippen LogP contribution in [0.4, 0.5) is 13.2 Å². The van der Waals surface area contributed by atoms with Gasteiger partial charge in [-0.1, -0.05) is 0 Å². The minimum absolute atomic E-state index is 0.255. The molecule has 10 heteroatoms. The normalized spacial score (nSPS) is 11.5. The van der Waals surface area contributed by atoms with Crippen LogP contribution in [-0.4, -0.2) is 29.0 Å². The zero-order valence-corrected chi connectivity index (χ0v) is 17.9. The maximum Gasteiger partial charge on any atom is 0.573 e. The molecule has 0 aliphatic rings. The average Bonchev–Trinajstić information content (AvgIpc) is 3.34. The second-order valence-corrected chi connectivity index (χ2v) is 8.05. The zero-order chi connectivity index (χ0) is 22.9. The fourth-order valence-corrected chi connectivity index (χ4v) is 4.21. The molecule has 0 aliphatic carbocycles. The number of methoxy groups -OCH3 is 1. The molecule has 0 aliphatic heterocycles. The van der Waals surface area contributed by atoms with Crippen molar-refractivity contribution in [3.05, 3.63) is 70.9 Å². The number of nitrogens with one attached hydrogen (secondary N) is 1. The quantitative estimate of drug-likeness (QED) is 0.428. The Morgan fingerprint density at radius 3 is 2.56 bits per heavy atom. The Balaban J connectivity index is 1.45. The molecule has 3 aromatic heterocycles. The molecule has 6 nitrogen and oxygen atoms in total. The van der Waals surface area contributed by atoms with Crippen molar-refractivity contribution in [2.24, 2.45) is 0 Å². The summed E-state index contributed by atoms with van der Waals surface area (Å²) < 4.78 is 47.7. The number of carbonyl (C=O) groups is 1. The van der Waals surface area contributed by atoms with Crippen molar-refractivity contribution in [1.82, 2.24) is 14.9 Å². The van der Waals surface area contributed by atoms with Gasteiger partial charge in [-0.15, -0.1) is 24.5 Å². The lowest BCUT2D eigenvalue weighted by molar-refractivity contribution is -0.274. The largest absolute Gasteiger partial charge is 0.573 e. The SMILES string of the molecule is COc1ccn2nc(C)c(C(=O)NCc3ccc(-c4ccc(OC(F)(F)F)cc4)s3)c2c1. The molecule has 0 atom stereocenters. The van der Waals surface area contributed by atoms with Crippen molar-refractivity contribution < 1.29 is 27.4 Å². The lowest BCUT2D eigenvalue weighted by Crippen LogP contribution is -2.22. The van der Waals surface area contributed by atoms with Gasteiger partial charge in [-0.3, -0.25) is 4.79 Å². The van der Waals surface area contributed by atoms with Crippen LogP contribution in [0.3, 0.4) is 0 Å². The van der Waals surface area contributed by atoms with E-state index in [2.05, 4.69) is 15.2 Å². The summed E-state index contributed by atoms with van der Waals surface area (Å²) in [5, 5.41) is 7.26. The molecule has 1 N–H and O–H groups in total. The third-order valence-electron chi connectivity index (χ3n) is 4.70. The minimum Gasteiger partial charge on any atom is -0.497 e. The number of alkyl halides is 3. The predicted molar refractivity (Wildman–Crippen MR) is 114 cm³/mol. The molecule has 1 amide bonds. The fourth-order valence-electron chi connectivity index (χ4n) is 3.26. The predicted octanol–water partition coefficient (Wildman–Crippen LogP) is 5.21. The molecule has 0 fully saturated rings. The van der Waals surface area contributed by atoms with Crippen LogP contribution in [0.2, 0.25) is 0 Å². The Labute approximate surface area is 185 Å². The average molecular weight is 461 g/mol. The maximum absolute atomic E-state index is 12.8. The van der Waals surface area contributed by atoms with Gasteiger partial charge in [0.2, 0.25) is 0 Å². The van der Waals surface area contributed by atoms with E-state index < -0.39 is 6.36 Å². The van der Waals surface area contributed by atoms with E-state index in [0.29, 0.717) is 29.1 Å². The summed E-state index contributed by atoms with van der Waals surface area (Å²) in [7, 11) is 1.56. The highest BCUT2D eigenvalue weighted by atomic mass is 32.1. The van der Waals surface area contributed by atoms with E-state index in [9.17, 15) is 18.0 Å². The lowest BCUT2D eigenvalue weighted by Gasteiger charge is -2.08. The van der Waals surface area contributed by atoms with Crippen LogP contribution in [0.1, 0.15) is 20.9 Å². The molecule has 4 aromatic rings. The third-order valence-corrected chi connectivity index (χ3v) is 5.84. The first-order valence-electron chi connectivity index (χ1n) is 9.49. The minimum atomic E-state index is -4.72. The second-order valence-electron chi connectivity index (χ2n) is 6.88. The highest BCUT2D eigenvalue weighted by Gasteiger charge is 2.31. The number of benzene rings is 1.